The van der Waals surface area contributed by atoms with Gasteiger partial charge >= 0.3 is 0 Å². The van der Waals surface area contributed by atoms with Crippen LogP contribution in [0.2, 0.25) is 0 Å². The Morgan fingerprint density at radius 2 is 1.93 bits per heavy atom. The first-order valence-electron chi connectivity index (χ1n) is 3.67. The smallest absolute Gasteiger partial charge is 0.282 e. The summed E-state index contributed by atoms with van der Waals surface area (Å²) in [7, 11) is -4.42. The van der Waals surface area contributed by atoms with Crippen molar-refractivity contribution >= 4 is 10.1 Å². The molecule has 14 heavy (non-hydrogen) atoms. The highest BCUT2D eigenvalue weighted by Crippen LogP contribution is 2.28. The van der Waals surface area contributed by atoms with Crippen molar-refractivity contribution < 1.29 is 21.8 Å². The Kier molecular flexibility index (Phi) is 2.60. The third-order valence-corrected chi connectivity index (χ3v) is 2.49. The molecule has 0 unspecified atom stereocenters. The molecule has 0 amide bonds. The Hall–Kier alpha value is -1.01. The number of hydrogen-bond donors (Lipinski definition) is 1. The summed E-state index contributed by atoms with van der Waals surface area (Å²) in [5.41, 5.74) is -0.451. The molecule has 0 aliphatic heterocycles. The molecule has 78 valence electrons. The number of alkyl halides is 2. The first-order chi connectivity index (χ1) is 6.21. The van der Waals surface area contributed by atoms with Gasteiger partial charge in [-0.25, -0.2) is 8.78 Å². The number of benzene rings is 1. The Balaban J connectivity index is 3.29. The lowest BCUT2D eigenvalue weighted by Crippen LogP contribution is -2.08. The lowest BCUT2D eigenvalue weighted by Gasteiger charge is -2.10. The minimum atomic E-state index is -4.42. The Labute approximate surface area is 80.1 Å². The summed E-state index contributed by atoms with van der Waals surface area (Å²) < 4.78 is 55.3. The minimum Gasteiger partial charge on any atom is -0.282 e. The Morgan fingerprint density at radius 1 is 1.36 bits per heavy atom. The normalized spacial score (nSPS) is 12.9. The second-order valence-corrected chi connectivity index (χ2v) is 4.31. The topological polar surface area (TPSA) is 54.4 Å². The van der Waals surface area contributed by atoms with Crippen molar-refractivity contribution in [2.24, 2.45) is 0 Å². The van der Waals surface area contributed by atoms with E-state index in [-0.39, 0.29) is 0 Å². The molecule has 0 atom stereocenters. The van der Waals surface area contributed by atoms with Crippen molar-refractivity contribution in [3.05, 3.63) is 29.8 Å². The summed E-state index contributed by atoms with van der Waals surface area (Å²) in [6, 6.07) is 4.03. The van der Waals surface area contributed by atoms with E-state index in [1.165, 1.54) is 0 Å². The van der Waals surface area contributed by atoms with Crippen molar-refractivity contribution in [3.63, 3.8) is 0 Å². The van der Waals surface area contributed by atoms with Gasteiger partial charge in [0.2, 0.25) is 0 Å². The third-order valence-electron chi connectivity index (χ3n) is 1.64. The van der Waals surface area contributed by atoms with Gasteiger partial charge in [-0.05, 0) is 12.1 Å². The van der Waals surface area contributed by atoms with Crippen LogP contribution in [0.3, 0.4) is 0 Å². The van der Waals surface area contributed by atoms with E-state index < -0.39 is 26.5 Å². The largest absolute Gasteiger partial charge is 0.294 e. The van der Waals surface area contributed by atoms with Gasteiger partial charge in [-0.15, -0.1) is 0 Å². The average Bonchev–Trinajstić information content (AvgIpc) is 2.01. The second-order valence-electron chi connectivity index (χ2n) is 2.89. The van der Waals surface area contributed by atoms with E-state index in [1.807, 2.05) is 0 Å². The molecule has 0 bridgehead atoms. The lowest BCUT2D eigenvalue weighted by molar-refractivity contribution is 0.0172. The summed E-state index contributed by atoms with van der Waals surface area (Å²) in [5.74, 6) is -3.12. The van der Waals surface area contributed by atoms with Crippen molar-refractivity contribution in [2.75, 3.05) is 0 Å². The zero-order chi connectivity index (χ0) is 11.0. The molecule has 0 heterocycles. The zero-order valence-electron chi connectivity index (χ0n) is 7.24. The van der Waals surface area contributed by atoms with E-state index in [1.54, 1.807) is 0 Å². The van der Waals surface area contributed by atoms with E-state index in [2.05, 4.69) is 0 Å². The van der Waals surface area contributed by atoms with E-state index in [0.717, 1.165) is 24.3 Å². The van der Waals surface area contributed by atoms with Crippen LogP contribution in [-0.2, 0) is 16.0 Å². The SMILES string of the molecule is CC(F)(F)c1cccc(S(=O)(=O)O)c1. The molecule has 0 saturated heterocycles. The maximum atomic E-state index is 12.7. The summed E-state index contributed by atoms with van der Waals surface area (Å²) in [5, 5.41) is 0. The first kappa shape index (κ1) is 11.1. The summed E-state index contributed by atoms with van der Waals surface area (Å²) in [6.07, 6.45) is 0. The highest BCUT2D eigenvalue weighted by atomic mass is 32.2. The van der Waals surface area contributed by atoms with Crippen LogP contribution in [0.1, 0.15) is 12.5 Å². The molecule has 0 aliphatic rings. The van der Waals surface area contributed by atoms with E-state index in [0.29, 0.717) is 6.92 Å². The van der Waals surface area contributed by atoms with E-state index in [9.17, 15) is 17.2 Å². The monoisotopic (exact) mass is 222 g/mol. The molecular weight excluding hydrogens is 214 g/mol. The molecule has 0 radical (unpaired) electrons. The quantitative estimate of drug-likeness (QED) is 0.779. The van der Waals surface area contributed by atoms with Crippen molar-refractivity contribution in [1.29, 1.82) is 0 Å². The molecule has 1 rings (SSSR count). The fraction of sp³-hybridized carbons (Fsp3) is 0.250. The van der Waals surface area contributed by atoms with Gasteiger partial charge in [0.05, 0.1) is 4.90 Å². The Morgan fingerprint density at radius 3 is 2.36 bits per heavy atom. The fourth-order valence-electron chi connectivity index (χ4n) is 0.930. The van der Waals surface area contributed by atoms with Gasteiger partial charge in [0.15, 0.2) is 0 Å². The molecule has 0 aromatic heterocycles. The molecule has 1 aromatic carbocycles. The molecule has 6 heteroatoms. The van der Waals surface area contributed by atoms with Crippen LogP contribution in [0.4, 0.5) is 8.78 Å². The highest BCUT2D eigenvalue weighted by Gasteiger charge is 2.25. The molecule has 3 nitrogen and oxygen atoms in total. The fourth-order valence-corrected chi connectivity index (χ4v) is 1.46. The third kappa shape index (κ3) is 2.49. The first-order valence-corrected chi connectivity index (χ1v) is 5.11. The summed E-state index contributed by atoms with van der Waals surface area (Å²) >= 11 is 0. The Bertz CT molecular complexity index is 434. The number of hydrogen-bond acceptors (Lipinski definition) is 2. The van der Waals surface area contributed by atoms with Crippen LogP contribution in [0, 0.1) is 0 Å². The predicted molar refractivity (Wildman–Crippen MR) is 45.8 cm³/mol. The average molecular weight is 222 g/mol. The molecular formula is C8H8F2O3S. The lowest BCUT2D eigenvalue weighted by atomic mass is 10.1. The van der Waals surface area contributed by atoms with Crippen molar-refractivity contribution in [1.82, 2.24) is 0 Å². The van der Waals surface area contributed by atoms with Crippen molar-refractivity contribution in [3.8, 4) is 0 Å². The van der Waals surface area contributed by atoms with Gasteiger partial charge in [0.1, 0.15) is 0 Å². The van der Waals surface area contributed by atoms with E-state index in [4.69, 9.17) is 4.55 Å². The molecule has 0 spiro atoms. The van der Waals surface area contributed by atoms with Crippen molar-refractivity contribution in [2.45, 2.75) is 17.7 Å². The molecule has 0 aliphatic carbocycles. The van der Waals surface area contributed by atoms with Crippen LogP contribution in [0.5, 0.6) is 0 Å². The highest BCUT2D eigenvalue weighted by molar-refractivity contribution is 7.85. The molecule has 1 N–H and O–H groups in total. The van der Waals surface area contributed by atoms with Crippen LogP contribution in [0.15, 0.2) is 29.2 Å². The van der Waals surface area contributed by atoms with Crippen LogP contribution < -0.4 is 0 Å². The number of halogens is 2. The van der Waals surface area contributed by atoms with Gasteiger partial charge in [0, 0.05) is 12.5 Å². The maximum Gasteiger partial charge on any atom is 0.294 e. The minimum absolute atomic E-state index is 0.451. The summed E-state index contributed by atoms with van der Waals surface area (Å²) in [4.78, 5) is -0.531. The zero-order valence-corrected chi connectivity index (χ0v) is 8.05. The predicted octanol–water partition coefficient (Wildman–Crippen LogP) is 2.04. The van der Waals surface area contributed by atoms with Gasteiger partial charge in [-0.2, -0.15) is 8.42 Å². The van der Waals surface area contributed by atoms with Gasteiger partial charge < -0.3 is 0 Å². The van der Waals surface area contributed by atoms with Crippen LogP contribution in [-0.4, -0.2) is 13.0 Å². The van der Waals surface area contributed by atoms with Crippen LogP contribution >= 0.6 is 0 Å². The van der Waals surface area contributed by atoms with E-state index >= 15 is 0 Å². The van der Waals surface area contributed by atoms with Gasteiger partial charge in [-0.1, -0.05) is 12.1 Å². The van der Waals surface area contributed by atoms with Crippen LogP contribution in [0.25, 0.3) is 0 Å². The molecule has 0 fully saturated rings. The summed E-state index contributed by atoms with van der Waals surface area (Å²) in [6.45, 7) is 0.649. The molecule has 0 saturated carbocycles. The second kappa shape index (κ2) is 3.29. The maximum absolute atomic E-state index is 12.7. The van der Waals surface area contributed by atoms with Gasteiger partial charge in [-0.3, -0.25) is 4.55 Å². The standard InChI is InChI=1S/C8H8F2O3S/c1-8(9,10)6-3-2-4-7(5-6)14(11,12)13/h2-5H,1H3,(H,11,12,13). The number of rotatable bonds is 2. The van der Waals surface area contributed by atoms with Gasteiger partial charge in [0.25, 0.3) is 16.0 Å². The molecule has 1 aromatic rings.